The lowest BCUT2D eigenvalue weighted by Crippen LogP contribution is -2.44. The van der Waals surface area contributed by atoms with Crippen molar-refractivity contribution in [2.45, 2.75) is 26.3 Å². The molecule has 0 radical (unpaired) electrons. The van der Waals surface area contributed by atoms with Crippen LogP contribution in [0, 0.1) is 5.92 Å². The molecule has 1 aliphatic heterocycles. The van der Waals surface area contributed by atoms with Crippen molar-refractivity contribution in [3.8, 4) is 11.5 Å². The standard InChI is InChI=1S/C21H22N4O4/c1-12(2)9-16(20(27)25-21-23-14-5-3-4-6-15(14)24-21)22-19(26)13-7-8-17-18(10-13)29-11-28-17/h3-8,10,12,16H,9,11H2,1-2H3,(H,22,26)(H2,23,24,25,27). The number of nitrogens with one attached hydrogen (secondary N) is 3. The molecular weight excluding hydrogens is 372 g/mol. The molecule has 2 amide bonds. The van der Waals surface area contributed by atoms with Crippen LogP contribution in [-0.2, 0) is 4.79 Å². The molecule has 8 heteroatoms. The Morgan fingerprint density at radius 1 is 1.14 bits per heavy atom. The predicted molar refractivity (Wildman–Crippen MR) is 108 cm³/mol. The molecule has 3 N–H and O–H groups in total. The number of hydrogen-bond acceptors (Lipinski definition) is 5. The first-order chi connectivity index (χ1) is 14.0. The van der Waals surface area contributed by atoms with Gasteiger partial charge in [-0.3, -0.25) is 14.9 Å². The third-order valence-electron chi connectivity index (χ3n) is 4.59. The molecule has 8 nitrogen and oxygen atoms in total. The van der Waals surface area contributed by atoms with Gasteiger partial charge in [0, 0.05) is 5.56 Å². The smallest absolute Gasteiger partial charge is 0.252 e. The van der Waals surface area contributed by atoms with E-state index in [1.165, 1.54) is 0 Å². The fraction of sp³-hybridized carbons (Fsp3) is 0.286. The minimum atomic E-state index is -0.707. The van der Waals surface area contributed by atoms with E-state index in [0.717, 1.165) is 11.0 Å². The van der Waals surface area contributed by atoms with Gasteiger partial charge in [0.15, 0.2) is 11.5 Å². The molecule has 0 spiro atoms. The minimum Gasteiger partial charge on any atom is -0.454 e. The summed E-state index contributed by atoms with van der Waals surface area (Å²) >= 11 is 0. The molecule has 2 heterocycles. The normalized spacial score (nSPS) is 13.5. The number of anilines is 1. The first-order valence-electron chi connectivity index (χ1n) is 9.45. The molecule has 2 aromatic carbocycles. The highest BCUT2D eigenvalue weighted by Crippen LogP contribution is 2.32. The van der Waals surface area contributed by atoms with E-state index in [1.807, 2.05) is 38.1 Å². The van der Waals surface area contributed by atoms with E-state index in [-0.39, 0.29) is 24.5 Å². The van der Waals surface area contributed by atoms with Crippen LogP contribution in [0.5, 0.6) is 11.5 Å². The summed E-state index contributed by atoms with van der Waals surface area (Å²) in [5.41, 5.74) is 1.99. The zero-order valence-electron chi connectivity index (χ0n) is 16.2. The van der Waals surface area contributed by atoms with Crippen LogP contribution in [0.1, 0.15) is 30.6 Å². The zero-order chi connectivity index (χ0) is 20.4. The molecule has 29 heavy (non-hydrogen) atoms. The number of para-hydroxylation sites is 2. The number of amides is 2. The van der Waals surface area contributed by atoms with Gasteiger partial charge in [0.25, 0.3) is 5.91 Å². The summed E-state index contributed by atoms with van der Waals surface area (Å²) in [7, 11) is 0. The first kappa shape index (κ1) is 18.8. The lowest BCUT2D eigenvalue weighted by molar-refractivity contribution is -0.118. The summed E-state index contributed by atoms with van der Waals surface area (Å²) in [5.74, 6) is 0.994. The molecule has 0 aliphatic carbocycles. The molecule has 0 saturated carbocycles. The van der Waals surface area contributed by atoms with E-state index < -0.39 is 6.04 Å². The van der Waals surface area contributed by atoms with E-state index in [9.17, 15) is 9.59 Å². The molecule has 0 saturated heterocycles. The van der Waals surface area contributed by atoms with Crippen molar-refractivity contribution >= 4 is 28.8 Å². The van der Waals surface area contributed by atoms with Crippen molar-refractivity contribution in [3.63, 3.8) is 0 Å². The number of H-pyrrole nitrogens is 1. The van der Waals surface area contributed by atoms with Gasteiger partial charge < -0.3 is 19.8 Å². The van der Waals surface area contributed by atoms with E-state index in [4.69, 9.17) is 9.47 Å². The molecule has 0 fully saturated rings. The minimum absolute atomic E-state index is 0.135. The second-order valence-electron chi connectivity index (χ2n) is 7.32. The second-order valence-corrected chi connectivity index (χ2v) is 7.32. The molecule has 1 aromatic heterocycles. The molecule has 4 rings (SSSR count). The van der Waals surface area contributed by atoms with Crippen LogP contribution >= 0.6 is 0 Å². The van der Waals surface area contributed by atoms with Crippen LogP contribution in [-0.4, -0.2) is 34.6 Å². The van der Waals surface area contributed by atoms with E-state index in [1.54, 1.807) is 18.2 Å². The molecule has 1 unspecified atom stereocenters. The Bertz CT molecular complexity index is 1030. The highest BCUT2D eigenvalue weighted by Gasteiger charge is 2.24. The average Bonchev–Trinajstić information content (AvgIpc) is 3.32. The van der Waals surface area contributed by atoms with Gasteiger partial charge in [0.2, 0.25) is 18.6 Å². The van der Waals surface area contributed by atoms with Crippen molar-refractivity contribution in [2.24, 2.45) is 5.92 Å². The number of nitrogens with zero attached hydrogens (tertiary/aromatic N) is 1. The summed E-state index contributed by atoms with van der Waals surface area (Å²) in [5, 5.41) is 5.59. The zero-order valence-corrected chi connectivity index (χ0v) is 16.2. The van der Waals surface area contributed by atoms with Crippen molar-refractivity contribution < 1.29 is 19.1 Å². The number of aromatic amines is 1. The van der Waals surface area contributed by atoms with Crippen LogP contribution in [0.2, 0.25) is 0 Å². The average molecular weight is 394 g/mol. The Morgan fingerprint density at radius 3 is 2.72 bits per heavy atom. The molecule has 1 atom stereocenters. The van der Waals surface area contributed by atoms with Crippen molar-refractivity contribution in [1.29, 1.82) is 0 Å². The maximum Gasteiger partial charge on any atom is 0.252 e. The molecule has 1 aliphatic rings. The predicted octanol–water partition coefficient (Wildman–Crippen LogP) is 3.07. The van der Waals surface area contributed by atoms with Gasteiger partial charge in [-0.15, -0.1) is 0 Å². The summed E-state index contributed by atoms with van der Waals surface area (Å²) < 4.78 is 10.6. The number of carbonyl (C=O) groups excluding carboxylic acids is 2. The van der Waals surface area contributed by atoms with Gasteiger partial charge in [0.1, 0.15) is 6.04 Å². The van der Waals surface area contributed by atoms with Gasteiger partial charge in [-0.1, -0.05) is 26.0 Å². The van der Waals surface area contributed by atoms with Crippen LogP contribution < -0.4 is 20.1 Å². The topological polar surface area (TPSA) is 105 Å². The SMILES string of the molecule is CC(C)CC(NC(=O)c1ccc2c(c1)OCO2)C(=O)Nc1nc2ccccc2[nH]1. The highest BCUT2D eigenvalue weighted by atomic mass is 16.7. The Hall–Kier alpha value is -3.55. The van der Waals surface area contributed by atoms with Crippen molar-refractivity contribution in [3.05, 3.63) is 48.0 Å². The lowest BCUT2D eigenvalue weighted by atomic mass is 10.0. The number of imidazole rings is 1. The van der Waals surface area contributed by atoms with Gasteiger partial charge in [-0.05, 0) is 42.7 Å². The Labute approximate surface area is 167 Å². The first-order valence-corrected chi connectivity index (χ1v) is 9.45. The third-order valence-corrected chi connectivity index (χ3v) is 4.59. The number of ether oxygens (including phenoxy) is 2. The number of fused-ring (bicyclic) bond motifs is 2. The van der Waals surface area contributed by atoms with Crippen LogP contribution in [0.3, 0.4) is 0 Å². The Morgan fingerprint density at radius 2 is 1.93 bits per heavy atom. The van der Waals surface area contributed by atoms with Gasteiger partial charge in [-0.2, -0.15) is 0 Å². The molecular formula is C21H22N4O4. The fourth-order valence-electron chi connectivity index (χ4n) is 3.20. The molecule has 0 bridgehead atoms. The summed E-state index contributed by atoms with van der Waals surface area (Å²) in [6.45, 7) is 4.12. The van der Waals surface area contributed by atoms with E-state index >= 15 is 0 Å². The van der Waals surface area contributed by atoms with E-state index in [0.29, 0.717) is 29.4 Å². The number of rotatable bonds is 6. The lowest BCUT2D eigenvalue weighted by Gasteiger charge is -2.19. The number of aromatic nitrogens is 2. The van der Waals surface area contributed by atoms with E-state index in [2.05, 4.69) is 20.6 Å². The van der Waals surface area contributed by atoms with Gasteiger partial charge in [-0.25, -0.2) is 4.98 Å². The Balaban J connectivity index is 1.48. The van der Waals surface area contributed by atoms with Crippen LogP contribution in [0.4, 0.5) is 5.95 Å². The van der Waals surface area contributed by atoms with Crippen LogP contribution in [0.25, 0.3) is 11.0 Å². The maximum absolute atomic E-state index is 12.8. The van der Waals surface area contributed by atoms with Gasteiger partial charge >= 0.3 is 0 Å². The Kier molecular flexibility index (Phi) is 5.07. The van der Waals surface area contributed by atoms with Crippen molar-refractivity contribution in [2.75, 3.05) is 12.1 Å². The number of benzene rings is 2. The van der Waals surface area contributed by atoms with Gasteiger partial charge in [0.05, 0.1) is 11.0 Å². The summed E-state index contributed by atoms with van der Waals surface area (Å²) in [6.07, 6.45) is 0.488. The van der Waals surface area contributed by atoms with Crippen LogP contribution in [0.15, 0.2) is 42.5 Å². The molecule has 3 aromatic rings. The maximum atomic E-state index is 12.8. The monoisotopic (exact) mass is 394 g/mol. The fourth-order valence-corrected chi connectivity index (χ4v) is 3.20. The second kappa shape index (κ2) is 7.83. The summed E-state index contributed by atoms with van der Waals surface area (Å²) in [6, 6.07) is 11.7. The quantitative estimate of drug-likeness (QED) is 0.596. The number of hydrogen-bond donors (Lipinski definition) is 3. The summed E-state index contributed by atoms with van der Waals surface area (Å²) in [4.78, 5) is 33.0. The van der Waals surface area contributed by atoms with Crippen molar-refractivity contribution in [1.82, 2.24) is 15.3 Å². The third kappa shape index (κ3) is 4.16. The number of carbonyl (C=O) groups is 2. The molecule has 150 valence electrons. The highest BCUT2D eigenvalue weighted by molar-refractivity contribution is 6.01. The largest absolute Gasteiger partial charge is 0.454 e.